The number of ether oxygens (including phenoxy) is 1. The van der Waals surface area contributed by atoms with Crippen LogP contribution in [0.4, 0.5) is 18.9 Å². The van der Waals surface area contributed by atoms with E-state index in [2.05, 4.69) is 25.5 Å². The Morgan fingerprint density at radius 1 is 1.11 bits per heavy atom. The number of halogens is 3. The first-order valence-electron chi connectivity index (χ1n) is 11.1. The summed E-state index contributed by atoms with van der Waals surface area (Å²) in [6.07, 6.45) is -2.87. The first kappa shape index (κ1) is 23.4. The van der Waals surface area contributed by atoms with Crippen molar-refractivity contribution in [3.8, 4) is 5.75 Å². The number of thiazole rings is 1. The molecule has 11 heteroatoms. The van der Waals surface area contributed by atoms with Gasteiger partial charge >= 0.3 is 6.18 Å². The fourth-order valence-corrected chi connectivity index (χ4v) is 5.75. The van der Waals surface area contributed by atoms with Crippen LogP contribution >= 0.6 is 11.3 Å². The van der Waals surface area contributed by atoms with Gasteiger partial charge in [0.25, 0.3) is 5.91 Å². The number of rotatable bonds is 3. The Morgan fingerprint density at radius 2 is 1.83 bits per heavy atom. The second-order valence-corrected chi connectivity index (χ2v) is 9.78. The van der Waals surface area contributed by atoms with Gasteiger partial charge in [0.15, 0.2) is 5.69 Å². The number of methoxy groups -OCH3 is 1. The van der Waals surface area contributed by atoms with Crippen LogP contribution in [0.25, 0.3) is 21.8 Å². The van der Waals surface area contributed by atoms with Crippen LogP contribution in [0.3, 0.4) is 0 Å². The van der Waals surface area contributed by atoms with E-state index in [9.17, 15) is 18.0 Å². The van der Waals surface area contributed by atoms with Gasteiger partial charge in [0.05, 0.1) is 34.5 Å². The lowest BCUT2D eigenvalue weighted by atomic mass is 10.1. The van der Waals surface area contributed by atoms with Gasteiger partial charge < -0.3 is 19.1 Å². The molecule has 0 unspecified atom stereocenters. The van der Waals surface area contributed by atoms with Gasteiger partial charge in [-0.05, 0) is 26.0 Å². The number of fused-ring (bicyclic) bond motifs is 3. The molecule has 0 bridgehead atoms. The van der Waals surface area contributed by atoms with E-state index in [1.165, 1.54) is 11.8 Å². The molecule has 0 N–H and O–H groups in total. The average Bonchev–Trinajstić information content (AvgIpc) is 3.36. The first-order chi connectivity index (χ1) is 16.6. The smallest absolute Gasteiger partial charge is 0.435 e. The summed E-state index contributed by atoms with van der Waals surface area (Å²) >= 11 is 0.789. The molecular weight excluding hydrogens is 479 g/mol. The highest BCUT2D eigenvalue weighted by Gasteiger charge is 2.40. The molecule has 1 aliphatic heterocycles. The third-order valence-corrected chi connectivity index (χ3v) is 7.45. The molecule has 35 heavy (non-hydrogen) atoms. The van der Waals surface area contributed by atoms with Gasteiger partial charge in [-0.15, -0.1) is 11.3 Å². The Bertz CT molecular complexity index is 1450. The monoisotopic (exact) mass is 503 g/mol. The molecule has 3 aromatic heterocycles. The normalized spacial score (nSPS) is 14.8. The molecule has 5 rings (SSSR count). The van der Waals surface area contributed by atoms with E-state index in [1.54, 1.807) is 13.3 Å². The maximum atomic E-state index is 13.4. The van der Waals surface area contributed by atoms with Crippen LogP contribution in [-0.2, 0) is 13.2 Å². The van der Waals surface area contributed by atoms with Crippen LogP contribution in [0, 0.1) is 13.8 Å². The number of benzene rings is 1. The molecule has 4 heterocycles. The molecule has 1 amide bonds. The van der Waals surface area contributed by atoms with Crippen LogP contribution in [0.15, 0.2) is 24.4 Å². The van der Waals surface area contributed by atoms with Gasteiger partial charge in [-0.25, -0.2) is 4.98 Å². The van der Waals surface area contributed by atoms with E-state index in [0.29, 0.717) is 31.9 Å². The van der Waals surface area contributed by atoms with Gasteiger partial charge in [-0.2, -0.15) is 13.2 Å². The summed E-state index contributed by atoms with van der Waals surface area (Å²) in [6.45, 7) is 4.99. The molecule has 0 spiro atoms. The number of aromatic nitrogens is 3. The highest BCUT2D eigenvalue weighted by molar-refractivity contribution is 7.13. The van der Waals surface area contributed by atoms with Crippen molar-refractivity contribution in [2.75, 3.05) is 38.2 Å². The number of hydrogen-bond donors (Lipinski definition) is 0. The molecule has 1 aromatic carbocycles. The largest absolute Gasteiger partial charge is 0.495 e. The van der Waals surface area contributed by atoms with E-state index >= 15 is 0 Å². The molecule has 7 nitrogen and oxygen atoms in total. The van der Waals surface area contributed by atoms with Gasteiger partial charge in [-0.3, -0.25) is 9.78 Å². The van der Waals surface area contributed by atoms with E-state index < -0.39 is 17.8 Å². The van der Waals surface area contributed by atoms with Crippen molar-refractivity contribution in [3.05, 3.63) is 45.7 Å². The summed E-state index contributed by atoms with van der Waals surface area (Å²) < 4.78 is 47.9. The molecule has 0 saturated carbocycles. The molecule has 1 fully saturated rings. The predicted octanol–water partition coefficient (Wildman–Crippen LogP) is 4.79. The number of pyridine rings is 1. The number of piperazine rings is 1. The summed E-state index contributed by atoms with van der Waals surface area (Å²) in [5, 5.41) is 2.38. The van der Waals surface area contributed by atoms with Crippen LogP contribution in [0.5, 0.6) is 5.75 Å². The average molecular weight is 504 g/mol. The van der Waals surface area contributed by atoms with E-state index in [4.69, 9.17) is 4.74 Å². The van der Waals surface area contributed by atoms with Gasteiger partial charge in [-0.1, -0.05) is 0 Å². The standard InChI is InChI=1S/C24H24F3N5O2S/c1-13-20-15(5-6-28-13)16-11-18(19(34-4)12-17(16)30(20)3)31-7-9-32(10-8-31)23(33)21-22(24(25,26)27)29-14(2)35-21/h5-6,11-12H,7-10H2,1-4H3. The minimum absolute atomic E-state index is 0.220. The van der Waals surface area contributed by atoms with Crippen LogP contribution in [-0.4, -0.2) is 58.6 Å². The minimum Gasteiger partial charge on any atom is -0.495 e. The van der Waals surface area contributed by atoms with Crippen molar-refractivity contribution in [3.63, 3.8) is 0 Å². The number of aryl methyl sites for hydroxylation is 3. The van der Waals surface area contributed by atoms with Gasteiger partial charge in [0, 0.05) is 56.3 Å². The molecule has 1 saturated heterocycles. The fourth-order valence-electron chi connectivity index (χ4n) is 4.84. The highest BCUT2D eigenvalue weighted by atomic mass is 32.1. The maximum absolute atomic E-state index is 13.4. The number of alkyl halides is 3. The Kier molecular flexibility index (Phi) is 5.62. The zero-order valence-corrected chi connectivity index (χ0v) is 20.5. The lowest BCUT2D eigenvalue weighted by molar-refractivity contribution is -0.141. The highest BCUT2D eigenvalue weighted by Crippen LogP contribution is 2.39. The Balaban J connectivity index is 1.44. The maximum Gasteiger partial charge on any atom is 0.435 e. The number of nitrogens with zero attached hydrogens (tertiary/aromatic N) is 5. The van der Waals surface area contributed by atoms with Crippen molar-refractivity contribution < 1.29 is 22.7 Å². The predicted molar refractivity (Wildman–Crippen MR) is 129 cm³/mol. The Morgan fingerprint density at radius 3 is 2.49 bits per heavy atom. The van der Waals surface area contributed by atoms with E-state index in [0.717, 1.165) is 44.5 Å². The molecular formula is C24H24F3N5O2S. The van der Waals surface area contributed by atoms with Crippen LogP contribution in [0.1, 0.15) is 26.1 Å². The lowest BCUT2D eigenvalue weighted by Gasteiger charge is -2.36. The van der Waals surface area contributed by atoms with Crippen molar-refractivity contribution >= 4 is 44.7 Å². The van der Waals surface area contributed by atoms with Crippen molar-refractivity contribution in [2.45, 2.75) is 20.0 Å². The molecule has 0 atom stereocenters. The number of hydrogen-bond acceptors (Lipinski definition) is 6. The summed E-state index contributed by atoms with van der Waals surface area (Å²) in [4.78, 5) is 24.2. The molecule has 4 aromatic rings. The van der Waals surface area contributed by atoms with Crippen molar-refractivity contribution in [1.82, 2.24) is 19.4 Å². The lowest BCUT2D eigenvalue weighted by Crippen LogP contribution is -2.49. The summed E-state index contributed by atoms with van der Waals surface area (Å²) in [5.41, 5.74) is 2.80. The zero-order chi connectivity index (χ0) is 25.1. The number of anilines is 1. The molecule has 1 aliphatic rings. The van der Waals surface area contributed by atoms with Gasteiger partial charge in [0.1, 0.15) is 10.6 Å². The SMILES string of the molecule is COc1cc2c(cc1N1CCN(C(=O)c3sc(C)nc3C(F)(F)F)CC1)c1ccnc(C)c1n2C. The zero-order valence-electron chi connectivity index (χ0n) is 19.7. The fraction of sp³-hybridized carbons (Fsp3) is 0.375. The summed E-state index contributed by atoms with van der Waals surface area (Å²) in [6, 6.07) is 6.08. The molecule has 0 radical (unpaired) electrons. The number of carbonyl (C=O) groups is 1. The first-order valence-corrected chi connectivity index (χ1v) is 11.9. The van der Waals surface area contributed by atoms with E-state index in [-0.39, 0.29) is 9.88 Å². The third-order valence-electron chi connectivity index (χ3n) is 6.50. The second kappa shape index (κ2) is 8.40. The summed E-state index contributed by atoms with van der Waals surface area (Å²) in [7, 11) is 3.61. The van der Waals surface area contributed by atoms with E-state index in [1.807, 2.05) is 26.1 Å². The Hall–Kier alpha value is -3.34. The molecule has 0 aliphatic carbocycles. The van der Waals surface area contributed by atoms with Gasteiger partial charge in [0.2, 0.25) is 0 Å². The van der Waals surface area contributed by atoms with Crippen molar-refractivity contribution in [1.29, 1.82) is 0 Å². The van der Waals surface area contributed by atoms with Crippen molar-refractivity contribution in [2.24, 2.45) is 7.05 Å². The van der Waals surface area contributed by atoms with Crippen LogP contribution in [0.2, 0.25) is 0 Å². The minimum atomic E-state index is -4.66. The quantitative estimate of drug-likeness (QED) is 0.402. The second-order valence-electron chi connectivity index (χ2n) is 8.58. The summed E-state index contributed by atoms with van der Waals surface area (Å²) in [5.74, 6) is 0.0771. The Labute approximate surface area is 203 Å². The van der Waals surface area contributed by atoms with Crippen LogP contribution < -0.4 is 9.64 Å². The number of amides is 1. The third kappa shape index (κ3) is 3.87. The topological polar surface area (TPSA) is 63.5 Å². The number of carbonyl (C=O) groups excluding carboxylic acids is 1. The molecule has 184 valence electrons.